The van der Waals surface area contributed by atoms with Crippen LogP contribution in [0.15, 0.2) is 30.5 Å². The van der Waals surface area contributed by atoms with Crippen molar-refractivity contribution in [1.82, 2.24) is 9.88 Å². The number of aromatic nitrogens is 1. The number of nitrogens with zero attached hydrogens (tertiary/aromatic N) is 1. The fraction of sp³-hybridized carbons (Fsp3) is 0.438. The summed E-state index contributed by atoms with van der Waals surface area (Å²) < 4.78 is 0. The maximum Gasteiger partial charge on any atom is 0.227 e. The first-order chi connectivity index (χ1) is 9.63. The first kappa shape index (κ1) is 14.6. The van der Waals surface area contributed by atoms with Crippen LogP contribution in [0.2, 0.25) is 0 Å². The highest BCUT2D eigenvalue weighted by molar-refractivity contribution is 5.88. The van der Waals surface area contributed by atoms with Crippen molar-refractivity contribution in [2.45, 2.75) is 32.7 Å². The van der Waals surface area contributed by atoms with Gasteiger partial charge in [0.2, 0.25) is 5.91 Å². The highest BCUT2D eigenvalue weighted by Crippen LogP contribution is 2.19. The fourth-order valence-corrected chi connectivity index (χ4v) is 2.45. The van der Waals surface area contributed by atoms with E-state index in [-0.39, 0.29) is 18.6 Å². The number of aliphatic hydroxyl groups is 1. The molecule has 2 rings (SSSR count). The van der Waals surface area contributed by atoms with Gasteiger partial charge in [0.25, 0.3) is 0 Å². The van der Waals surface area contributed by atoms with Gasteiger partial charge in [-0.25, -0.2) is 0 Å². The molecule has 0 unspecified atom stereocenters. The fourth-order valence-electron chi connectivity index (χ4n) is 2.45. The minimum atomic E-state index is 0.109. The Hall–Kier alpha value is -1.81. The molecule has 0 radical (unpaired) electrons. The van der Waals surface area contributed by atoms with E-state index in [1.54, 1.807) is 0 Å². The van der Waals surface area contributed by atoms with Gasteiger partial charge >= 0.3 is 0 Å². The molecule has 0 atom stereocenters. The number of nitrogens with one attached hydrogen (secondary N) is 1. The van der Waals surface area contributed by atoms with E-state index in [9.17, 15) is 4.79 Å². The van der Waals surface area contributed by atoms with Crippen molar-refractivity contribution in [2.24, 2.45) is 0 Å². The van der Waals surface area contributed by atoms with Gasteiger partial charge in [-0.3, -0.25) is 4.79 Å². The summed E-state index contributed by atoms with van der Waals surface area (Å²) in [5.41, 5.74) is 2.09. The van der Waals surface area contributed by atoms with E-state index >= 15 is 0 Å². The van der Waals surface area contributed by atoms with Gasteiger partial charge in [0.1, 0.15) is 0 Å². The van der Waals surface area contributed by atoms with Crippen molar-refractivity contribution in [2.75, 3.05) is 13.2 Å². The van der Waals surface area contributed by atoms with Crippen molar-refractivity contribution in [3.8, 4) is 0 Å². The van der Waals surface area contributed by atoms with Crippen LogP contribution in [0.5, 0.6) is 0 Å². The summed E-state index contributed by atoms with van der Waals surface area (Å²) in [6, 6.07) is 8.15. The zero-order valence-corrected chi connectivity index (χ0v) is 12.1. The SMILES string of the molecule is CC(C)N(CCCO)C(=O)Cc1c[nH]c2ccccc12. The number of aliphatic hydroxyl groups excluding tert-OH is 1. The van der Waals surface area contributed by atoms with Gasteiger partial charge in [0.15, 0.2) is 0 Å². The van der Waals surface area contributed by atoms with Crippen LogP contribution in [-0.4, -0.2) is 40.1 Å². The number of para-hydroxylation sites is 1. The lowest BCUT2D eigenvalue weighted by Gasteiger charge is -2.26. The maximum atomic E-state index is 12.4. The predicted octanol–water partition coefficient (Wildman–Crippen LogP) is 2.33. The molecule has 0 fully saturated rings. The van der Waals surface area contributed by atoms with Crippen molar-refractivity contribution in [3.63, 3.8) is 0 Å². The van der Waals surface area contributed by atoms with Crippen LogP contribution >= 0.6 is 0 Å². The lowest BCUT2D eigenvalue weighted by molar-refractivity contribution is -0.132. The third kappa shape index (κ3) is 3.20. The largest absolute Gasteiger partial charge is 0.396 e. The second-order valence-corrected chi connectivity index (χ2v) is 5.29. The second-order valence-electron chi connectivity index (χ2n) is 5.29. The molecule has 4 heteroatoms. The Bertz CT molecular complexity index is 575. The zero-order valence-electron chi connectivity index (χ0n) is 12.1. The first-order valence-corrected chi connectivity index (χ1v) is 7.08. The van der Waals surface area contributed by atoms with E-state index in [1.807, 2.05) is 49.2 Å². The van der Waals surface area contributed by atoms with E-state index < -0.39 is 0 Å². The molecule has 0 aliphatic heterocycles. The van der Waals surface area contributed by atoms with Crippen LogP contribution in [0.4, 0.5) is 0 Å². The molecule has 0 spiro atoms. The van der Waals surface area contributed by atoms with Crippen LogP contribution in [0.25, 0.3) is 10.9 Å². The third-order valence-electron chi connectivity index (χ3n) is 3.52. The summed E-state index contributed by atoms with van der Waals surface area (Å²) in [4.78, 5) is 17.5. The van der Waals surface area contributed by atoms with Crippen LogP contribution in [0.3, 0.4) is 0 Å². The number of fused-ring (bicyclic) bond motifs is 1. The Morgan fingerprint density at radius 3 is 2.80 bits per heavy atom. The number of H-pyrrole nitrogens is 1. The topological polar surface area (TPSA) is 56.3 Å². The number of carbonyl (C=O) groups is 1. The molecule has 2 aromatic rings. The number of benzene rings is 1. The predicted molar refractivity (Wildman–Crippen MR) is 80.6 cm³/mol. The Kier molecular flexibility index (Phi) is 4.79. The molecule has 0 saturated carbocycles. The lowest BCUT2D eigenvalue weighted by atomic mass is 10.1. The van der Waals surface area contributed by atoms with Crippen molar-refractivity contribution < 1.29 is 9.90 Å². The van der Waals surface area contributed by atoms with Crippen molar-refractivity contribution in [1.29, 1.82) is 0 Å². The normalized spacial score (nSPS) is 11.2. The summed E-state index contributed by atoms with van der Waals surface area (Å²) in [6.45, 7) is 4.73. The van der Waals surface area contributed by atoms with Crippen LogP contribution in [-0.2, 0) is 11.2 Å². The third-order valence-corrected chi connectivity index (χ3v) is 3.52. The number of amides is 1. The molecule has 1 aromatic carbocycles. The van der Waals surface area contributed by atoms with Gasteiger partial charge < -0.3 is 15.0 Å². The van der Waals surface area contributed by atoms with E-state index in [4.69, 9.17) is 5.11 Å². The first-order valence-electron chi connectivity index (χ1n) is 7.08. The van der Waals surface area contributed by atoms with Gasteiger partial charge in [0.05, 0.1) is 6.42 Å². The minimum Gasteiger partial charge on any atom is -0.396 e. The summed E-state index contributed by atoms with van der Waals surface area (Å²) in [7, 11) is 0. The smallest absolute Gasteiger partial charge is 0.227 e. The van der Waals surface area contributed by atoms with E-state index in [1.165, 1.54) is 0 Å². The number of hydrogen-bond donors (Lipinski definition) is 2. The number of hydrogen-bond acceptors (Lipinski definition) is 2. The molecule has 0 aliphatic carbocycles. The molecule has 4 nitrogen and oxygen atoms in total. The van der Waals surface area contributed by atoms with E-state index in [0.717, 1.165) is 16.5 Å². The van der Waals surface area contributed by atoms with Crippen LogP contribution in [0, 0.1) is 0 Å². The van der Waals surface area contributed by atoms with Crippen molar-refractivity contribution in [3.05, 3.63) is 36.0 Å². The molecule has 1 heterocycles. The summed E-state index contributed by atoms with van der Waals surface area (Å²) in [5.74, 6) is 0.109. The second kappa shape index (κ2) is 6.57. The molecule has 1 amide bonds. The van der Waals surface area contributed by atoms with Crippen molar-refractivity contribution >= 4 is 16.8 Å². The zero-order chi connectivity index (χ0) is 14.5. The van der Waals surface area contributed by atoms with Crippen LogP contribution < -0.4 is 0 Å². The standard InChI is InChI=1S/C16H22N2O2/c1-12(2)18(8-5-9-19)16(20)10-13-11-17-15-7-4-3-6-14(13)15/h3-4,6-7,11-12,17,19H,5,8-10H2,1-2H3. The average molecular weight is 274 g/mol. The number of aromatic amines is 1. The van der Waals surface area contributed by atoms with Gasteiger partial charge in [-0.15, -0.1) is 0 Å². The summed E-state index contributed by atoms with van der Waals surface area (Å²) in [5, 5.41) is 10.0. The molecule has 108 valence electrons. The quantitative estimate of drug-likeness (QED) is 0.849. The Labute approximate surface area is 119 Å². The lowest BCUT2D eigenvalue weighted by Crippen LogP contribution is -2.39. The Balaban J connectivity index is 2.13. The molecule has 0 aliphatic rings. The molecular formula is C16H22N2O2. The summed E-state index contributed by atoms with van der Waals surface area (Å²) >= 11 is 0. The molecule has 20 heavy (non-hydrogen) atoms. The van der Waals surface area contributed by atoms with Gasteiger partial charge in [-0.05, 0) is 31.9 Å². The molecule has 0 saturated heterocycles. The monoisotopic (exact) mass is 274 g/mol. The molecular weight excluding hydrogens is 252 g/mol. The summed E-state index contributed by atoms with van der Waals surface area (Å²) in [6.07, 6.45) is 2.93. The van der Waals surface area contributed by atoms with E-state index in [2.05, 4.69) is 4.98 Å². The average Bonchev–Trinajstić information content (AvgIpc) is 2.82. The number of carbonyl (C=O) groups excluding carboxylic acids is 1. The highest BCUT2D eigenvalue weighted by atomic mass is 16.3. The number of rotatable bonds is 6. The highest BCUT2D eigenvalue weighted by Gasteiger charge is 2.18. The minimum absolute atomic E-state index is 0.109. The van der Waals surface area contributed by atoms with Gasteiger partial charge in [-0.1, -0.05) is 18.2 Å². The molecule has 2 N–H and O–H groups in total. The molecule has 1 aromatic heterocycles. The van der Waals surface area contributed by atoms with Gasteiger partial charge in [0, 0.05) is 36.3 Å². The maximum absolute atomic E-state index is 12.4. The Morgan fingerprint density at radius 2 is 2.10 bits per heavy atom. The molecule has 0 bridgehead atoms. The van der Waals surface area contributed by atoms with E-state index in [0.29, 0.717) is 19.4 Å². The van der Waals surface area contributed by atoms with Gasteiger partial charge in [-0.2, -0.15) is 0 Å². The Morgan fingerprint density at radius 1 is 1.35 bits per heavy atom. The van der Waals surface area contributed by atoms with Crippen LogP contribution in [0.1, 0.15) is 25.8 Å².